The molecule has 0 bridgehead atoms. The molecule has 0 amide bonds. The molecule has 0 atom stereocenters. The lowest BCUT2D eigenvalue weighted by Gasteiger charge is -2.35. The number of terminal acetylenes is 1. The summed E-state index contributed by atoms with van der Waals surface area (Å²) in [5.74, 6) is 2.35. The molecule has 1 heterocycles. The Morgan fingerprint density at radius 2 is 2.08 bits per heavy atom. The Labute approximate surface area is 72.1 Å². The lowest BCUT2D eigenvalue weighted by Crippen LogP contribution is -2.49. The lowest BCUT2D eigenvalue weighted by atomic mass is 9.88. The van der Waals surface area contributed by atoms with Crippen LogP contribution in [0.1, 0.15) is 12.8 Å². The van der Waals surface area contributed by atoms with Crippen LogP contribution in [0, 0.1) is 17.8 Å². The molecule has 12 heavy (non-hydrogen) atoms. The van der Waals surface area contributed by atoms with E-state index in [0.29, 0.717) is 12.8 Å². The molecule has 0 aromatic heterocycles. The van der Waals surface area contributed by atoms with Gasteiger partial charge in [0.15, 0.2) is 9.84 Å². The Morgan fingerprint density at radius 1 is 1.50 bits per heavy atom. The first-order valence-electron chi connectivity index (χ1n) is 3.64. The van der Waals surface area contributed by atoms with E-state index in [4.69, 9.17) is 6.42 Å². The Bertz CT molecular complexity index is 309. The van der Waals surface area contributed by atoms with Crippen LogP contribution in [0.25, 0.3) is 0 Å². The molecule has 0 spiro atoms. The fourth-order valence-electron chi connectivity index (χ4n) is 1.43. The second-order valence-corrected chi connectivity index (χ2v) is 5.28. The van der Waals surface area contributed by atoms with E-state index in [1.54, 1.807) is 0 Å². The summed E-state index contributed by atoms with van der Waals surface area (Å²) in [7, 11) is -2.93. The second kappa shape index (κ2) is 2.91. The molecule has 0 saturated carbocycles. The Balaban J connectivity index is 2.60. The van der Waals surface area contributed by atoms with Crippen molar-refractivity contribution in [2.45, 2.75) is 12.8 Å². The van der Waals surface area contributed by atoms with Gasteiger partial charge in [0.1, 0.15) is 6.29 Å². The van der Waals surface area contributed by atoms with E-state index >= 15 is 0 Å². The van der Waals surface area contributed by atoms with Gasteiger partial charge in [-0.2, -0.15) is 0 Å². The quantitative estimate of drug-likeness (QED) is 0.461. The summed E-state index contributed by atoms with van der Waals surface area (Å²) in [5.41, 5.74) is -0.662. The molecule has 1 fully saturated rings. The van der Waals surface area contributed by atoms with Crippen molar-refractivity contribution in [3.05, 3.63) is 0 Å². The second-order valence-electron chi connectivity index (χ2n) is 3.22. The van der Waals surface area contributed by atoms with E-state index in [9.17, 15) is 13.2 Å². The third-order valence-electron chi connectivity index (χ3n) is 2.03. The van der Waals surface area contributed by atoms with Gasteiger partial charge in [0.2, 0.25) is 0 Å². The van der Waals surface area contributed by atoms with Crippen molar-refractivity contribution in [1.82, 2.24) is 0 Å². The van der Waals surface area contributed by atoms with E-state index in [0.717, 1.165) is 6.29 Å². The van der Waals surface area contributed by atoms with Gasteiger partial charge in [-0.1, -0.05) is 0 Å². The van der Waals surface area contributed by atoms with Crippen molar-refractivity contribution < 1.29 is 13.2 Å². The number of hydrogen-bond acceptors (Lipinski definition) is 3. The largest absolute Gasteiger partial charge is 0.303 e. The summed E-state index contributed by atoms with van der Waals surface area (Å²) >= 11 is 0. The molecule has 0 unspecified atom stereocenters. The zero-order chi connectivity index (χ0) is 9.24. The van der Waals surface area contributed by atoms with Gasteiger partial charge in [-0.05, 0) is 6.42 Å². The van der Waals surface area contributed by atoms with Gasteiger partial charge in [-0.15, -0.1) is 12.3 Å². The highest BCUT2D eigenvalue weighted by molar-refractivity contribution is 7.93. The van der Waals surface area contributed by atoms with Crippen LogP contribution in [-0.2, 0) is 14.6 Å². The summed E-state index contributed by atoms with van der Waals surface area (Å²) in [6.45, 7) is 0. The first kappa shape index (κ1) is 9.27. The molecule has 3 nitrogen and oxygen atoms in total. The molecular formula is C8H10O3S. The van der Waals surface area contributed by atoms with E-state index < -0.39 is 15.3 Å². The number of rotatable bonds is 3. The molecule has 0 radical (unpaired) electrons. The van der Waals surface area contributed by atoms with Crippen LogP contribution in [0.5, 0.6) is 0 Å². The summed E-state index contributed by atoms with van der Waals surface area (Å²) in [6.07, 6.45) is 6.71. The third kappa shape index (κ3) is 1.67. The molecule has 1 saturated heterocycles. The third-order valence-corrected chi connectivity index (χ3v) is 4.06. The van der Waals surface area contributed by atoms with Crippen molar-refractivity contribution in [2.75, 3.05) is 11.5 Å². The van der Waals surface area contributed by atoms with Crippen LogP contribution in [0.3, 0.4) is 0 Å². The minimum atomic E-state index is -2.93. The van der Waals surface area contributed by atoms with Crippen molar-refractivity contribution in [1.29, 1.82) is 0 Å². The highest BCUT2D eigenvalue weighted by Gasteiger charge is 2.47. The first-order chi connectivity index (χ1) is 5.54. The van der Waals surface area contributed by atoms with Gasteiger partial charge in [0.05, 0.1) is 16.9 Å². The highest BCUT2D eigenvalue weighted by Crippen LogP contribution is 2.34. The van der Waals surface area contributed by atoms with Crippen LogP contribution in [0.2, 0.25) is 0 Å². The number of carbonyl (C=O) groups excluding carboxylic acids is 1. The molecule has 1 aliphatic rings. The summed E-state index contributed by atoms with van der Waals surface area (Å²) in [5, 5.41) is 0. The van der Waals surface area contributed by atoms with Gasteiger partial charge >= 0.3 is 0 Å². The lowest BCUT2D eigenvalue weighted by molar-refractivity contribution is -0.115. The summed E-state index contributed by atoms with van der Waals surface area (Å²) < 4.78 is 21.6. The van der Waals surface area contributed by atoms with Gasteiger partial charge in [-0.3, -0.25) is 0 Å². The van der Waals surface area contributed by atoms with Gasteiger partial charge < -0.3 is 4.79 Å². The average Bonchev–Trinajstić information content (AvgIpc) is 1.96. The van der Waals surface area contributed by atoms with Crippen molar-refractivity contribution >= 4 is 16.1 Å². The topological polar surface area (TPSA) is 51.2 Å². The van der Waals surface area contributed by atoms with E-state index in [1.165, 1.54) is 0 Å². The number of sulfone groups is 1. The summed E-state index contributed by atoms with van der Waals surface area (Å²) in [6, 6.07) is 0. The fraction of sp³-hybridized carbons (Fsp3) is 0.625. The maximum atomic E-state index is 10.8. The van der Waals surface area contributed by atoms with E-state index in [-0.39, 0.29) is 11.5 Å². The predicted molar refractivity (Wildman–Crippen MR) is 45.2 cm³/mol. The van der Waals surface area contributed by atoms with E-state index in [1.807, 2.05) is 0 Å². The fourth-order valence-corrected chi connectivity index (χ4v) is 3.52. The van der Waals surface area contributed by atoms with Crippen LogP contribution in [0.15, 0.2) is 0 Å². The predicted octanol–water partition coefficient (Wildman–Crippen LogP) is 0.0135. The smallest absolute Gasteiger partial charge is 0.152 e. The Hall–Kier alpha value is -0.820. The summed E-state index contributed by atoms with van der Waals surface area (Å²) in [4.78, 5) is 10.6. The molecular weight excluding hydrogens is 176 g/mol. The van der Waals surface area contributed by atoms with Crippen molar-refractivity contribution in [3.8, 4) is 12.3 Å². The normalized spacial score (nSPS) is 23.6. The van der Waals surface area contributed by atoms with Crippen molar-refractivity contribution in [3.63, 3.8) is 0 Å². The van der Waals surface area contributed by atoms with Gasteiger partial charge in [-0.25, -0.2) is 8.42 Å². The molecule has 4 heteroatoms. The molecule has 0 aromatic rings. The van der Waals surface area contributed by atoms with Crippen LogP contribution in [-0.4, -0.2) is 26.2 Å². The Morgan fingerprint density at radius 3 is 2.42 bits per heavy atom. The molecule has 1 aliphatic heterocycles. The maximum absolute atomic E-state index is 10.8. The minimum Gasteiger partial charge on any atom is -0.303 e. The number of aldehydes is 1. The van der Waals surface area contributed by atoms with Crippen LogP contribution >= 0.6 is 0 Å². The van der Waals surface area contributed by atoms with Crippen molar-refractivity contribution in [2.24, 2.45) is 5.41 Å². The molecule has 1 rings (SSSR count). The first-order valence-corrected chi connectivity index (χ1v) is 5.46. The Kier molecular flexibility index (Phi) is 2.25. The van der Waals surface area contributed by atoms with E-state index in [2.05, 4.69) is 5.92 Å². The number of hydrogen-bond donors (Lipinski definition) is 0. The van der Waals surface area contributed by atoms with Crippen LogP contribution < -0.4 is 0 Å². The molecule has 0 aromatic carbocycles. The SMILES string of the molecule is C#CCCC1(C=O)CS(=O)(=O)C1. The zero-order valence-electron chi connectivity index (χ0n) is 6.62. The van der Waals surface area contributed by atoms with Gasteiger partial charge in [0.25, 0.3) is 0 Å². The maximum Gasteiger partial charge on any atom is 0.152 e. The standard InChI is InChI=1S/C8H10O3S/c1-2-3-4-8(5-9)6-12(10,11)7-8/h1,5H,3-4,6-7H2. The molecule has 0 aliphatic carbocycles. The zero-order valence-corrected chi connectivity index (χ0v) is 7.43. The van der Waals surface area contributed by atoms with Gasteiger partial charge in [0, 0.05) is 6.42 Å². The minimum absolute atomic E-state index is 0.0226. The molecule has 0 N–H and O–H groups in total. The molecule has 66 valence electrons. The average molecular weight is 186 g/mol. The number of carbonyl (C=O) groups is 1. The van der Waals surface area contributed by atoms with Crippen LogP contribution in [0.4, 0.5) is 0 Å². The highest BCUT2D eigenvalue weighted by atomic mass is 32.2. The monoisotopic (exact) mass is 186 g/mol.